The number of aryl methyl sites for hydroxylation is 1. The summed E-state index contributed by atoms with van der Waals surface area (Å²) in [5.41, 5.74) is 0.941. The van der Waals surface area contributed by atoms with Crippen molar-refractivity contribution >= 4 is 41.5 Å². The molecule has 0 aliphatic carbocycles. The number of aromatic nitrogens is 2. The van der Waals surface area contributed by atoms with Crippen LogP contribution in [0.3, 0.4) is 0 Å². The molecule has 0 spiro atoms. The van der Waals surface area contributed by atoms with Gasteiger partial charge in [0.15, 0.2) is 11.8 Å². The fourth-order valence-corrected chi connectivity index (χ4v) is 3.50. The van der Waals surface area contributed by atoms with Crippen molar-refractivity contribution < 1.29 is 8.91 Å². The van der Waals surface area contributed by atoms with Gasteiger partial charge in [-0.1, -0.05) is 22.8 Å². The molecule has 0 radical (unpaired) electrons. The van der Waals surface area contributed by atoms with Gasteiger partial charge in [-0.3, -0.25) is 4.90 Å². The van der Waals surface area contributed by atoms with Crippen LogP contribution in [-0.2, 0) is 13.1 Å². The van der Waals surface area contributed by atoms with Crippen LogP contribution in [0.15, 0.2) is 27.7 Å². The summed E-state index contributed by atoms with van der Waals surface area (Å²) in [6.45, 7) is 7.45. The van der Waals surface area contributed by atoms with Crippen LogP contribution in [0.1, 0.15) is 37.0 Å². The van der Waals surface area contributed by atoms with Crippen LogP contribution in [0.4, 0.5) is 4.39 Å². The van der Waals surface area contributed by atoms with E-state index in [2.05, 4.69) is 30.7 Å². The van der Waals surface area contributed by atoms with E-state index in [9.17, 15) is 4.39 Å². The first-order valence-electron chi connectivity index (χ1n) is 9.53. The zero-order valence-electron chi connectivity index (χ0n) is 16.6. The molecule has 3 rings (SSSR count). The molecule has 1 aliphatic heterocycles. The fourth-order valence-electron chi connectivity index (χ4n) is 3.28. The monoisotopic (exact) mass is 536 g/mol. The Kier molecular flexibility index (Phi) is 9.57. The molecule has 2 aromatic rings. The number of benzene rings is 1. The Bertz CT molecular complexity index is 818. The van der Waals surface area contributed by atoms with Gasteiger partial charge in [0, 0.05) is 37.6 Å². The first-order valence-corrected chi connectivity index (χ1v) is 9.91. The fraction of sp³-hybridized carbons (Fsp3) is 0.526. The highest BCUT2D eigenvalue weighted by atomic mass is 127. The molecule has 29 heavy (non-hydrogen) atoms. The number of piperidine rings is 1. The van der Waals surface area contributed by atoms with Gasteiger partial charge in [-0.15, -0.1) is 24.0 Å². The Balaban J connectivity index is 0.00000300. The van der Waals surface area contributed by atoms with Gasteiger partial charge >= 0.3 is 0 Å². The maximum atomic E-state index is 13.3. The van der Waals surface area contributed by atoms with Crippen molar-refractivity contribution in [1.82, 2.24) is 25.7 Å². The highest BCUT2D eigenvalue weighted by Gasteiger charge is 2.21. The Morgan fingerprint density at radius 1 is 1.45 bits per heavy atom. The predicted octanol–water partition coefficient (Wildman–Crippen LogP) is 3.51. The van der Waals surface area contributed by atoms with E-state index in [1.54, 1.807) is 13.0 Å². The Morgan fingerprint density at radius 2 is 2.28 bits per heavy atom. The molecule has 10 heteroatoms. The third kappa shape index (κ3) is 7.38. The van der Waals surface area contributed by atoms with Gasteiger partial charge < -0.3 is 15.2 Å². The average molecular weight is 537 g/mol. The maximum Gasteiger partial charge on any atom is 0.223 e. The molecule has 2 N–H and O–H groups in total. The van der Waals surface area contributed by atoms with Gasteiger partial charge in [0.05, 0.1) is 0 Å². The predicted molar refractivity (Wildman–Crippen MR) is 122 cm³/mol. The van der Waals surface area contributed by atoms with Crippen molar-refractivity contribution in [3.05, 3.63) is 46.3 Å². The summed E-state index contributed by atoms with van der Waals surface area (Å²) in [7, 11) is 0. The van der Waals surface area contributed by atoms with E-state index in [1.807, 2.05) is 6.92 Å². The summed E-state index contributed by atoms with van der Waals surface area (Å²) in [5.74, 6) is 1.52. The molecule has 1 unspecified atom stereocenters. The van der Waals surface area contributed by atoms with Crippen molar-refractivity contribution in [3.63, 3.8) is 0 Å². The van der Waals surface area contributed by atoms with Gasteiger partial charge in [0.25, 0.3) is 0 Å². The smallest absolute Gasteiger partial charge is 0.223 e. The second-order valence-corrected chi connectivity index (χ2v) is 7.29. The first-order chi connectivity index (χ1) is 13.5. The number of aliphatic imine (C=N–C) groups is 1. The van der Waals surface area contributed by atoms with Crippen LogP contribution in [0, 0.1) is 12.7 Å². The van der Waals surface area contributed by atoms with Gasteiger partial charge in [-0.05, 0) is 44.0 Å². The van der Waals surface area contributed by atoms with Crippen LogP contribution < -0.4 is 10.6 Å². The lowest BCUT2D eigenvalue weighted by atomic mass is 10.0. The summed E-state index contributed by atoms with van der Waals surface area (Å²) < 4.78 is 18.2. The zero-order chi connectivity index (χ0) is 19.9. The van der Waals surface area contributed by atoms with Gasteiger partial charge in [0.1, 0.15) is 12.4 Å². The van der Waals surface area contributed by atoms with Crippen molar-refractivity contribution in [2.24, 2.45) is 4.99 Å². The molecule has 1 fully saturated rings. The number of guanidine groups is 1. The molecule has 7 nitrogen and oxygen atoms in total. The average Bonchev–Trinajstić information content (AvgIpc) is 3.08. The minimum absolute atomic E-state index is 0. The molecule has 1 aromatic heterocycles. The van der Waals surface area contributed by atoms with E-state index >= 15 is 0 Å². The molecule has 1 aliphatic rings. The highest BCUT2D eigenvalue weighted by Crippen LogP contribution is 2.21. The van der Waals surface area contributed by atoms with Crippen molar-refractivity contribution in [3.8, 4) is 0 Å². The molecule has 160 valence electrons. The maximum absolute atomic E-state index is 13.3. The molecular weight excluding hydrogens is 510 g/mol. The van der Waals surface area contributed by atoms with Crippen LogP contribution in [0.5, 0.6) is 0 Å². The van der Waals surface area contributed by atoms with Crippen LogP contribution in [0.2, 0.25) is 5.02 Å². The Morgan fingerprint density at radius 3 is 2.97 bits per heavy atom. The molecule has 1 aromatic carbocycles. The lowest BCUT2D eigenvalue weighted by Gasteiger charge is -2.34. The number of likely N-dealkylation sites (tertiary alicyclic amines) is 1. The van der Waals surface area contributed by atoms with Crippen LogP contribution in [-0.4, -0.2) is 46.7 Å². The Labute approximate surface area is 192 Å². The van der Waals surface area contributed by atoms with E-state index in [0.29, 0.717) is 29.8 Å². The minimum Gasteiger partial charge on any atom is -0.357 e. The third-order valence-corrected chi connectivity index (χ3v) is 4.90. The van der Waals surface area contributed by atoms with E-state index in [-0.39, 0.29) is 35.8 Å². The topological polar surface area (TPSA) is 78.6 Å². The van der Waals surface area contributed by atoms with Crippen molar-refractivity contribution in [1.29, 1.82) is 0 Å². The van der Waals surface area contributed by atoms with E-state index in [4.69, 9.17) is 16.1 Å². The summed E-state index contributed by atoms with van der Waals surface area (Å²) in [5, 5.41) is 11.1. The zero-order valence-corrected chi connectivity index (χ0v) is 19.7. The first kappa shape index (κ1) is 23.8. The SMILES string of the molecule is CCNC(=NCc1noc(C)n1)NC1CCCN(Cc2ccc(F)cc2Cl)C1.I. The highest BCUT2D eigenvalue weighted by molar-refractivity contribution is 14.0. The summed E-state index contributed by atoms with van der Waals surface area (Å²) in [4.78, 5) is 11.1. The number of hydrogen-bond donors (Lipinski definition) is 2. The standard InChI is InChI=1S/C19H26ClFN6O.HI/c1-3-22-19(23-10-18-24-13(2)28-26-18)25-16-5-4-8-27(12-16)11-14-6-7-15(21)9-17(14)20;/h6-7,9,16H,3-5,8,10-12H2,1-2H3,(H2,22,23,25);1H. The van der Waals surface area contributed by atoms with Gasteiger partial charge in [-0.25, -0.2) is 9.38 Å². The molecule has 1 saturated heterocycles. The largest absolute Gasteiger partial charge is 0.357 e. The third-order valence-electron chi connectivity index (χ3n) is 4.55. The number of nitrogens with one attached hydrogen (secondary N) is 2. The lowest BCUT2D eigenvalue weighted by Crippen LogP contribution is -2.51. The van der Waals surface area contributed by atoms with E-state index in [1.165, 1.54) is 12.1 Å². The van der Waals surface area contributed by atoms with Gasteiger partial charge in [-0.2, -0.15) is 4.98 Å². The molecule has 1 atom stereocenters. The van der Waals surface area contributed by atoms with E-state index in [0.717, 1.165) is 44.0 Å². The molecule has 0 bridgehead atoms. The number of hydrogen-bond acceptors (Lipinski definition) is 5. The van der Waals surface area contributed by atoms with Gasteiger partial charge in [0.2, 0.25) is 5.89 Å². The second-order valence-electron chi connectivity index (χ2n) is 6.88. The summed E-state index contributed by atoms with van der Waals surface area (Å²) >= 11 is 6.18. The normalized spacial score (nSPS) is 17.7. The number of rotatable bonds is 6. The number of nitrogens with zero attached hydrogens (tertiary/aromatic N) is 4. The quantitative estimate of drug-likeness (QED) is 0.334. The lowest BCUT2D eigenvalue weighted by molar-refractivity contribution is 0.192. The summed E-state index contributed by atoms with van der Waals surface area (Å²) in [6.07, 6.45) is 2.12. The van der Waals surface area contributed by atoms with Crippen molar-refractivity contribution in [2.45, 2.75) is 45.8 Å². The van der Waals surface area contributed by atoms with Crippen LogP contribution >= 0.6 is 35.6 Å². The van der Waals surface area contributed by atoms with Crippen LogP contribution in [0.25, 0.3) is 0 Å². The molecule has 0 amide bonds. The minimum atomic E-state index is -0.310. The molecule has 0 saturated carbocycles. The second kappa shape index (κ2) is 11.7. The number of halogens is 3. The molecular formula is C19H27ClFIN6O. The Hall–Kier alpha value is -1.46. The van der Waals surface area contributed by atoms with E-state index < -0.39 is 0 Å². The van der Waals surface area contributed by atoms with Crippen molar-refractivity contribution in [2.75, 3.05) is 19.6 Å². The summed E-state index contributed by atoms with van der Waals surface area (Å²) in [6, 6.07) is 4.84. The molecule has 2 heterocycles.